The minimum absolute atomic E-state index is 0.329. The van der Waals surface area contributed by atoms with E-state index in [1.54, 1.807) is 6.08 Å². The molecule has 1 aliphatic rings. The van der Waals surface area contributed by atoms with Gasteiger partial charge in [-0.25, -0.2) is 9.59 Å². The van der Waals surface area contributed by atoms with Crippen molar-refractivity contribution in [2.45, 2.75) is 13.8 Å². The summed E-state index contributed by atoms with van der Waals surface area (Å²) in [5, 5.41) is 0. The van der Waals surface area contributed by atoms with Crippen LogP contribution < -0.4 is 0 Å². The molecule has 21 heavy (non-hydrogen) atoms. The Hall–Kier alpha value is -2.57. The van der Waals surface area contributed by atoms with Gasteiger partial charge in [-0.05, 0) is 6.92 Å². The molecule has 1 fully saturated rings. The Morgan fingerprint density at radius 3 is 2.10 bits per heavy atom. The number of ether oxygens (including phenoxy) is 4. The number of allylic oxidation sites excluding steroid dienone is 1. The molecule has 0 unspecified atom stereocenters. The van der Waals surface area contributed by atoms with E-state index in [1.165, 1.54) is 6.92 Å². The van der Waals surface area contributed by atoms with E-state index in [-0.39, 0.29) is 11.9 Å². The van der Waals surface area contributed by atoms with Crippen molar-refractivity contribution in [3.05, 3.63) is 37.6 Å². The molecule has 0 radical (unpaired) electrons. The molecule has 0 aliphatic carbocycles. The predicted molar refractivity (Wildman–Crippen MR) is 75.2 cm³/mol. The highest BCUT2D eigenvalue weighted by Crippen LogP contribution is 1.92. The normalized spacial score (nSPS) is 11.6. The average molecular weight is 300 g/mol. The van der Waals surface area contributed by atoms with Gasteiger partial charge in [0.05, 0.1) is 6.26 Å². The molecule has 118 valence electrons. The third kappa shape index (κ3) is 19.9. The number of esters is 2. The van der Waals surface area contributed by atoms with E-state index in [0.717, 1.165) is 12.3 Å². The molecule has 0 aromatic rings. The smallest absolute Gasteiger partial charge is 0.458 e. The maximum Gasteiger partial charge on any atom is 0.508 e. The summed E-state index contributed by atoms with van der Waals surface area (Å²) in [5.41, 5.74) is 0. The van der Waals surface area contributed by atoms with Crippen molar-refractivity contribution in [2.24, 2.45) is 0 Å². The van der Waals surface area contributed by atoms with E-state index in [4.69, 9.17) is 0 Å². The first kappa shape index (κ1) is 20.7. The molecule has 1 rings (SSSR count). The first-order chi connectivity index (χ1) is 9.97. The van der Waals surface area contributed by atoms with Gasteiger partial charge in [-0.1, -0.05) is 25.3 Å². The summed E-state index contributed by atoms with van der Waals surface area (Å²) in [6.45, 7) is 10.7. The van der Waals surface area contributed by atoms with Gasteiger partial charge < -0.3 is 18.9 Å². The predicted octanol–water partition coefficient (Wildman–Crippen LogP) is 2.14. The standard InChI is InChI=1S/C7H10O2.C4H6O2.C3H4O3/c1-3-5-6-9-7(8)4-2;1-3-6-4(2)5;4-3-5-1-2-6-3/h3-5H,2,6H2,1H3;3H,1H2,2H3;1-2H2. The molecule has 7 nitrogen and oxygen atoms in total. The molecule has 0 aromatic carbocycles. The number of cyclic esters (lactones) is 2. The van der Waals surface area contributed by atoms with Crippen molar-refractivity contribution in [2.75, 3.05) is 19.8 Å². The Bertz CT molecular complexity index is 364. The van der Waals surface area contributed by atoms with E-state index in [1.807, 2.05) is 13.0 Å². The van der Waals surface area contributed by atoms with Gasteiger partial charge in [-0.2, -0.15) is 0 Å². The van der Waals surface area contributed by atoms with E-state index in [9.17, 15) is 14.4 Å². The Morgan fingerprint density at radius 2 is 1.86 bits per heavy atom. The summed E-state index contributed by atoms with van der Waals surface area (Å²) in [5.74, 6) is -0.710. The number of carbonyl (C=O) groups excluding carboxylic acids is 3. The van der Waals surface area contributed by atoms with Crippen molar-refractivity contribution >= 4 is 18.1 Å². The van der Waals surface area contributed by atoms with Crippen LogP contribution in [-0.2, 0) is 28.5 Å². The minimum Gasteiger partial charge on any atom is -0.458 e. The Kier molecular flexibility index (Phi) is 15.3. The van der Waals surface area contributed by atoms with Crippen LogP contribution in [0.25, 0.3) is 0 Å². The van der Waals surface area contributed by atoms with Crippen LogP contribution >= 0.6 is 0 Å². The number of hydrogen-bond donors (Lipinski definition) is 0. The van der Waals surface area contributed by atoms with Crippen LogP contribution in [0.15, 0.2) is 37.6 Å². The Balaban J connectivity index is 0. The molecule has 0 amide bonds. The monoisotopic (exact) mass is 300 g/mol. The molecule has 0 N–H and O–H groups in total. The van der Waals surface area contributed by atoms with Gasteiger partial charge in [0.25, 0.3) is 0 Å². The Morgan fingerprint density at radius 1 is 1.29 bits per heavy atom. The van der Waals surface area contributed by atoms with Crippen LogP contribution in [0.4, 0.5) is 4.79 Å². The van der Waals surface area contributed by atoms with Crippen LogP contribution in [-0.4, -0.2) is 37.9 Å². The van der Waals surface area contributed by atoms with E-state index >= 15 is 0 Å². The summed E-state index contributed by atoms with van der Waals surface area (Å²) in [6, 6.07) is 0. The largest absolute Gasteiger partial charge is 0.508 e. The molecule has 1 saturated heterocycles. The number of rotatable bonds is 4. The molecule has 0 aromatic heterocycles. The van der Waals surface area contributed by atoms with Crippen LogP contribution in [0.1, 0.15) is 13.8 Å². The van der Waals surface area contributed by atoms with Crippen LogP contribution in [0, 0.1) is 0 Å². The molecule has 1 aliphatic heterocycles. The van der Waals surface area contributed by atoms with Gasteiger partial charge in [0.1, 0.15) is 19.8 Å². The zero-order valence-electron chi connectivity index (χ0n) is 12.2. The third-order valence-electron chi connectivity index (χ3n) is 1.50. The van der Waals surface area contributed by atoms with Crippen LogP contribution in [0.3, 0.4) is 0 Å². The second kappa shape index (κ2) is 15.5. The van der Waals surface area contributed by atoms with E-state index in [0.29, 0.717) is 19.8 Å². The number of hydrogen-bond acceptors (Lipinski definition) is 7. The lowest BCUT2D eigenvalue weighted by Gasteiger charge is -1.93. The van der Waals surface area contributed by atoms with Crippen molar-refractivity contribution in [1.82, 2.24) is 0 Å². The lowest BCUT2D eigenvalue weighted by molar-refractivity contribution is -0.137. The van der Waals surface area contributed by atoms with Gasteiger partial charge >= 0.3 is 18.1 Å². The molecule has 7 heteroatoms. The highest BCUT2D eigenvalue weighted by Gasteiger charge is 2.09. The first-order valence-corrected chi connectivity index (χ1v) is 5.95. The molecular weight excluding hydrogens is 280 g/mol. The van der Waals surface area contributed by atoms with Gasteiger partial charge in [0.2, 0.25) is 0 Å². The topological polar surface area (TPSA) is 88.1 Å². The molecular formula is C14H20O7. The van der Waals surface area contributed by atoms with Crippen molar-refractivity contribution in [3.8, 4) is 0 Å². The quantitative estimate of drug-likeness (QED) is 0.258. The van der Waals surface area contributed by atoms with Gasteiger partial charge in [0, 0.05) is 13.0 Å². The summed E-state index contributed by atoms with van der Waals surface area (Å²) in [6.07, 6.45) is 5.26. The summed E-state index contributed by atoms with van der Waals surface area (Å²) in [4.78, 5) is 29.9. The highest BCUT2D eigenvalue weighted by molar-refractivity contribution is 5.81. The molecule has 0 spiro atoms. The molecule has 0 bridgehead atoms. The molecule has 1 heterocycles. The maximum atomic E-state index is 10.3. The van der Waals surface area contributed by atoms with Crippen molar-refractivity contribution < 1.29 is 33.3 Å². The second-order valence-electron chi connectivity index (χ2n) is 3.13. The van der Waals surface area contributed by atoms with Gasteiger partial charge in [-0.15, -0.1) is 0 Å². The van der Waals surface area contributed by atoms with Crippen LogP contribution in [0.2, 0.25) is 0 Å². The fourth-order valence-electron chi connectivity index (χ4n) is 0.694. The Labute approximate surface area is 123 Å². The number of carbonyl (C=O) groups is 3. The molecule has 0 atom stereocenters. The lowest BCUT2D eigenvalue weighted by Crippen LogP contribution is -1.98. The summed E-state index contributed by atoms with van der Waals surface area (Å²) < 4.78 is 17.3. The maximum absolute atomic E-state index is 10.3. The van der Waals surface area contributed by atoms with Gasteiger partial charge in [-0.3, -0.25) is 4.79 Å². The minimum atomic E-state index is -0.546. The van der Waals surface area contributed by atoms with Crippen LogP contribution in [0.5, 0.6) is 0 Å². The summed E-state index contributed by atoms with van der Waals surface area (Å²) in [7, 11) is 0. The SMILES string of the molecule is C=CC(=O)OCC=CC.C=COC(C)=O.O=C1OCCO1. The third-order valence-corrected chi connectivity index (χ3v) is 1.50. The van der Waals surface area contributed by atoms with Crippen molar-refractivity contribution in [1.29, 1.82) is 0 Å². The highest BCUT2D eigenvalue weighted by atomic mass is 16.8. The zero-order chi connectivity index (χ0) is 16.5. The van der Waals surface area contributed by atoms with Gasteiger partial charge in [0.15, 0.2) is 0 Å². The lowest BCUT2D eigenvalue weighted by atomic mass is 10.5. The fourth-order valence-corrected chi connectivity index (χ4v) is 0.694. The second-order valence-corrected chi connectivity index (χ2v) is 3.13. The average Bonchev–Trinajstić information content (AvgIpc) is 2.91. The molecule has 0 saturated carbocycles. The van der Waals surface area contributed by atoms with Crippen molar-refractivity contribution in [3.63, 3.8) is 0 Å². The fraction of sp³-hybridized carbons (Fsp3) is 0.357. The van der Waals surface area contributed by atoms with E-state index < -0.39 is 6.16 Å². The first-order valence-electron chi connectivity index (χ1n) is 5.95. The van der Waals surface area contributed by atoms with E-state index in [2.05, 4.69) is 32.1 Å². The zero-order valence-corrected chi connectivity index (χ0v) is 12.2. The summed E-state index contributed by atoms with van der Waals surface area (Å²) >= 11 is 0.